The number of rotatable bonds is 6. The molecule has 1 aliphatic heterocycles. The maximum absolute atomic E-state index is 12.2. The highest BCUT2D eigenvalue weighted by atomic mass is 32.2. The van der Waals surface area contributed by atoms with Gasteiger partial charge in [-0.05, 0) is 39.3 Å². The van der Waals surface area contributed by atoms with Crippen molar-refractivity contribution in [3.63, 3.8) is 0 Å². The molecule has 0 unspecified atom stereocenters. The third kappa shape index (κ3) is 4.40. The van der Waals surface area contributed by atoms with Gasteiger partial charge in [-0.15, -0.1) is 0 Å². The van der Waals surface area contributed by atoms with E-state index < -0.39 is 20.7 Å². The molecule has 0 saturated carbocycles. The molecule has 0 aromatic carbocycles. The van der Waals surface area contributed by atoms with Gasteiger partial charge in [-0.25, -0.2) is 18.2 Å². The number of hydrogen-bond acceptors (Lipinski definition) is 8. The van der Waals surface area contributed by atoms with E-state index in [1.807, 2.05) is 13.8 Å². The summed E-state index contributed by atoms with van der Waals surface area (Å²) in [6.07, 6.45) is 4.89. The second-order valence-corrected chi connectivity index (χ2v) is 9.25. The Morgan fingerprint density at radius 2 is 2.13 bits per heavy atom. The fraction of sp³-hybridized carbons (Fsp3) is 0.421. The Balaban J connectivity index is 1.96. The smallest absolute Gasteiger partial charge is 0.340 e. The van der Waals surface area contributed by atoms with Crippen molar-refractivity contribution in [2.24, 2.45) is 0 Å². The lowest BCUT2D eigenvalue weighted by Crippen LogP contribution is -2.13. The zero-order valence-electron chi connectivity index (χ0n) is 16.9. The van der Waals surface area contributed by atoms with Crippen LogP contribution in [0.3, 0.4) is 0 Å². The predicted octanol–water partition coefficient (Wildman–Crippen LogP) is 2.51. The number of nitrogens with zero attached hydrogens (tertiary/aromatic N) is 4. The molecule has 160 valence electrons. The largest absolute Gasteiger partial charge is 0.462 e. The summed E-state index contributed by atoms with van der Waals surface area (Å²) in [7, 11) is -3.05. The molecule has 10 nitrogen and oxygen atoms in total. The highest BCUT2D eigenvalue weighted by Crippen LogP contribution is 2.28. The lowest BCUT2D eigenvalue weighted by atomic mass is 10.1. The van der Waals surface area contributed by atoms with Crippen LogP contribution in [0, 0.1) is 24.0 Å². The van der Waals surface area contributed by atoms with Gasteiger partial charge in [0.05, 0.1) is 46.0 Å². The van der Waals surface area contributed by atoms with Crippen molar-refractivity contribution in [3.8, 4) is 0 Å². The van der Waals surface area contributed by atoms with Crippen molar-refractivity contribution in [1.82, 2.24) is 14.8 Å². The number of hydrogen-bond donors (Lipinski definition) is 0. The van der Waals surface area contributed by atoms with Crippen molar-refractivity contribution < 1.29 is 22.9 Å². The minimum absolute atomic E-state index is 0.00751. The van der Waals surface area contributed by atoms with E-state index >= 15 is 0 Å². The monoisotopic (exact) mass is 434 g/mol. The Morgan fingerprint density at radius 3 is 2.73 bits per heavy atom. The predicted molar refractivity (Wildman–Crippen MR) is 110 cm³/mol. The van der Waals surface area contributed by atoms with Gasteiger partial charge in [0.25, 0.3) is 5.69 Å². The molecule has 2 aromatic rings. The molecule has 0 N–H and O–H groups in total. The van der Waals surface area contributed by atoms with Crippen LogP contribution in [0.5, 0.6) is 0 Å². The summed E-state index contributed by atoms with van der Waals surface area (Å²) in [6, 6.07) is 0.931. The van der Waals surface area contributed by atoms with Gasteiger partial charge >= 0.3 is 5.97 Å². The van der Waals surface area contributed by atoms with Crippen molar-refractivity contribution in [1.29, 1.82) is 0 Å². The van der Waals surface area contributed by atoms with Gasteiger partial charge in [-0.2, -0.15) is 5.10 Å². The summed E-state index contributed by atoms with van der Waals surface area (Å²) in [5, 5.41) is 15.5. The van der Waals surface area contributed by atoms with Crippen LogP contribution in [0.15, 0.2) is 12.3 Å². The van der Waals surface area contributed by atoms with Gasteiger partial charge in [-0.1, -0.05) is 0 Å². The average Bonchev–Trinajstić information content (AvgIpc) is 3.18. The van der Waals surface area contributed by atoms with Crippen LogP contribution < -0.4 is 0 Å². The fourth-order valence-electron chi connectivity index (χ4n) is 3.47. The lowest BCUT2D eigenvalue weighted by Gasteiger charge is -2.11. The van der Waals surface area contributed by atoms with Crippen LogP contribution in [0.4, 0.5) is 5.69 Å². The highest BCUT2D eigenvalue weighted by Gasteiger charge is 2.31. The van der Waals surface area contributed by atoms with Crippen LogP contribution in [-0.2, 0) is 14.6 Å². The summed E-state index contributed by atoms with van der Waals surface area (Å²) in [5.74, 6) is -0.486. The maximum Gasteiger partial charge on any atom is 0.340 e. The second-order valence-electron chi connectivity index (χ2n) is 7.02. The average molecular weight is 434 g/mol. The standard InChI is InChI=1S/C19H22N4O6S/c1-4-29-19(24)17-9-15(23(25)26)10-20-18(17)6-5-16-12(2)21-22(13(16)3)14-7-8-30(27,28)11-14/h5-6,9-10,14H,4,7-8,11H2,1-3H3/b6-5-/t14-/m0/s1. The van der Waals surface area contributed by atoms with E-state index in [2.05, 4.69) is 10.1 Å². The van der Waals surface area contributed by atoms with E-state index in [-0.39, 0.29) is 41.1 Å². The summed E-state index contributed by atoms with van der Waals surface area (Å²) in [5.41, 5.74) is 2.19. The molecule has 0 amide bonds. The minimum Gasteiger partial charge on any atom is -0.462 e. The molecule has 0 aliphatic carbocycles. The van der Waals surface area contributed by atoms with Gasteiger partial charge in [0.1, 0.15) is 6.20 Å². The Hall–Kier alpha value is -3.08. The van der Waals surface area contributed by atoms with Crippen LogP contribution in [0.25, 0.3) is 12.2 Å². The van der Waals surface area contributed by atoms with Crippen molar-refractivity contribution in [2.45, 2.75) is 33.2 Å². The summed E-state index contributed by atoms with van der Waals surface area (Å²) in [6.45, 7) is 5.42. The molecule has 0 bridgehead atoms. The first-order chi connectivity index (χ1) is 14.1. The van der Waals surface area contributed by atoms with Gasteiger partial charge < -0.3 is 4.74 Å². The topological polar surface area (TPSA) is 134 Å². The van der Waals surface area contributed by atoms with Crippen molar-refractivity contribution in [3.05, 3.63) is 50.6 Å². The molecule has 11 heteroatoms. The van der Waals surface area contributed by atoms with Crippen LogP contribution >= 0.6 is 0 Å². The van der Waals surface area contributed by atoms with E-state index in [4.69, 9.17) is 4.74 Å². The molecule has 0 spiro atoms. The first-order valence-corrected chi connectivity index (χ1v) is 11.2. The molecule has 2 aromatic heterocycles. The quantitative estimate of drug-likeness (QED) is 0.384. The van der Waals surface area contributed by atoms with E-state index in [0.29, 0.717) is 12.1 Å². The molecule has 1 fully saturated rings. The lowest BCUT2D eigenvalue weighted by molar-refractivity contribution is -0.385. The zero-order valence-corrected chi connectivity index (χ0v) is 17.7. The number of carbonyl (C=O) groups excluding carboxylic acids is 1. The van der Waals surface area contributed by atoms with Gasteiger partial charge in [0.15, 0.2) is 9.84 Å². The van der Waals surface area contributed by atoms with Gasteiger partial charge in [-0.3, -0.25) is 14.8 Å². The Bertz CT molecular complexity index is 1140. The van der Waals surface area contributed by atoms with Gasteiger partial charge in [0.2, 0.25) is 0 Å². The summed E-state index contributed by atoms with van der Waals surface area (Å²) >= 11 is 0. The molecule has 1 aliphatic rings. The molecule has 1 atom stereocenters. The second kappa shape index (κ2) is 8.34. The minimum atomic E-state index is -3.05. The third-order valence-electron chi connectivity index (χ3n) is 4.95. The molecule has 3 rings (SSSR count). The van der Waals surface area contributed by atoms with E-state index in [9.17, 15) is 23.3 Å². The summed E-state index contributed by atoms with van der Waals surface area (Å²) < 4.78 is 30.3. The molecular formula is C19H22N4O6S. The summed E-state index contributed by atoms with van der Waals surface area (Å²) in [4.78, 5) is 26.7. The number of aromatic nitrogens is 3. The number of ether oxygens (including phenoxy) is 1. The Morgan fingerprint density at radius 1 is 1.40 bits per heavy atom. The zero-order chi connectivity index (χ0) is 22.1. The molecule has 30 heavy (non-hydrogen) atoms. The van der Waals surface area contributed by atoms with E-state index in [0.717, 1.165) is 23.5 Å². The first-order valence-electron chi connectivity index (χ1n) is 9.38. The van der Waals surface area contributed by atoms with Crippen LogP contribution in [0.2, 0.25) is 0 Å². The van der Waals surface area contributed by atoms with E-state index in [1.165, 1.54) is 0 Å². The van der Waals surface area contributed by atoms with Crippen LogP contribution in [-0.4, -0.2) is 52.2 Å². The molecule has 0 radical (unpaired) electrons. The van der Waals surface area contributed by atoms with Crippen molar-refractivity contribution in [2.75, 3.05) is 18.1 Å². The maximum atomic E-state index is 12.2. The molecular weight excluding hydrogens is 412 g/mol. The van der Waals surface area contributed by atoms with Gasteiger partial charge in [0, 0.05) is 17.3 Å². The number of sulfone groups is 1. The number of nitro groups is 1. The van der Waals surface area contributed by atoms with E-state index in [1.54, 1.807) is 23.8 Å². The number of esters is 1. The third-order valence-corrected chi connectivity index (χ3v) is 6.70. The van der Waals surface area contributed by atoms with Crippen molar-refractivity contribution >= 4 is 33.6 Å². The number of aryl methyl sites for hydroxylation is 1. The molecule has 3 heterocycles. The SMILES string of the molecule is CCOC(=O)c1cc([N+](=O)[O-])cnc1/C=C\c1c(C)nn([C@H]2CCS(=O)(=O)C2)c1C. The number of carbonyl (C=O) groups is 1. The Kier molecular flexibility index (Phi) is 6.01. The fourth-order valence-corrected chi connectivity index (χ4v) is 5.16. The highest BCUT2D eigenvalue weighted by molar-refractivity contribution is 7.91. The Labute approximate surface area is 173 Å². The van der Waals surface area contributed by atoms with Crippen LogP contribution in [0.1, 0.15) is 52.4 Å². The number of pyridine rings is 1. The molecule has 1 saturated heterocycles. The normalized spacial score (nSPS) is 18.0. The first kappa shape index (κ1) is 21.6.